The fraction of sp³-hybridized carbons (Fsp3) is 0.231. The van der Waals surface area contributed by atoms with Gasteiger partial charge in [-0.2, -0.15) is 0 Å². The number of nitrogens with one attached hydrogen (secondary N) is 1. The number of ether oxygens (including phenoxy) is 1. The van der Waals surface area contributed by atoms with Gasteiger partial charge in [0.1, 0.15) is 11.4 Å². The Morgan fingerprint density at radius 2 is 1.69 bits per heavy atom. The number of aromatic nitrogens is 2. The highest BCUT2D eigenvalue weighted by Crippen LogP contribution is 2.29. The molecule has 2 aromatic carbocycles. The van der Waals surface area contributed by atoms with Crippen LogP contribution in [0.1, 0.15) is 21.6 Å². The van der Waals surface area contributed by atoms with E-state index in [1.165, 1.54) is 11.3 Å². The van der Waals surface area contributed by atoms with Crippen LogP contribution in [0.5, 0.6) is 5.75 Å². The molecule has 4 aromatic rings. The second kappa shape index (κ2) is 10.5. The van der Waals surface area contributed by atoms with Gasteiger partial charge in [0, 0.05) is 33.0 Å². The van der Waals surface area contributed by atoms with Crippen LogP contribution in [0.3, 0.4) is 0 Å². The summed E-state index contributed by atoms with van der Waals surface area (Å²) in [5.74, 6) is 0.452. The summed E-state index contributed by atoms with van der Waals surface area (Å²) in [6.45, 7) is 0. The number of carbonyl (C=O) groups is 2. The molecule has 180 valence electrons. The molecule has 0 aliphatic heterocycles. The van der Waals surface area contributed by atoms with E-state index in [9.17, 15) is 9.59 Å². The van der Waals surface area contributed by atoms with E-state index in [1.807, 2.05) is 48.5 Å². The van der Waals surface area contributed by atoms with Crippen molar-refractivity contribution < 1.29 is 14.3 Å². The molecular formula is C26H27N5O3S. The molecule has 2 heterocycles. The molecule has 0 saturated carbocycles. The Morgan fingerprint density at radius 1 is 0.971 bits per heavy atom. The van der Waals surface area contributed by atoms with Crippen LogP contribution in [0.4, 0.5) is 15.6 Å². The van der Waals surface area contributed by atoms with Gasteiger partial charge in [-0.3, -0.25) is 20.0 Å². The van der Waals surface area contributed by atoms with Gasteiger partial charge in [-0.15, -0.1) is 0 Å². The molecule has 0 aliphatic carbocycles. The maximum atomic E-state index is 12.6. The molecule has 3 amide bonds. The van der Waals surface area contributed by atoms with Crippen LogP contribution in [0, 0.1) is 0 Å². The lowest BCUT2D eigenvalue weighted by Crippen LogP contribution is -2.36. The van der Waals surface area contributed by atoms with Crippen molar-refractivity contribution in [2.75, 3.05) is 38.5 Å². The minimum Gasteiger partial charge on any atom is -0.497 e. The van der Waals surface area contributed by atoms with Gasteiger partial charge in [0.2, 0.25) is 0 Å². The zero-order valence-electron chi connectivity index (χ0n) is 20.1. The number of aryl methyl sites for hydroxylation is 2. The molecule has 0 spiro atoms. The van der Waals surface area contributed by atoms with Gasteiger partial charge in [0.25, 0.3) is 5.91 Å². The Labute approximate surface area is 208 Å². The average molecular weight is 490 g/mol. The summed E-state index contributed by atoms with van der Waals surface area (Å²) in [5, 5.41) is 3.34. The van der Waals surface area contributed by atoms with Gasteiger partial charge in [-0.25, -0.2) is 9.78 Å². The number of carbonyl (C=O) groups excluding carboxylic acids is 2. The van der Waals surface area contributed by atoms with E-state index < -0.39 is 0 Å². The van der Waals surface area contributed by atoms with E-state index in [1.54, 1.807) is 50.3 Å². The highest BCUT2D eigenvalue weighted by Gasteiger charge is 2.13. The molecule has 35 heavy (non-hydrogen) atoms. The van der Waals surface area contributed by atoms with E-state index in [0.29, 0.717) is 10.8 Å². The van der Waals surface area contributed by atoms with E-state index in [2.05, 4.69) is 15.3 Å². The minimum absolute atomic E-state index is 0.0729. The van der Waals surface area contributed by atoms with E-state index in [4.69, 9.17) is 4.74 Å². The molecule has 0 saturated heterocycles. The number of pyridine rings is 1. The van der Waals surface area contributed by atoms with Crippen molar-refractivity contribution in [3.63, 3.8) is 0 Å². The maximum Gasteiger partial charge on any atom is 0.323 e. The summed E-state index contributed by atoms with van der Waals surface area (Å²) in [6.07, 6.45) is 3.35. The Balaban J connectivity index is 1.33. The number of benzene rings is 2. The number of rotatable bonds is 7. The second-order valence-electron chi connectivity index (χ2n) is 8.26. The van der Waals surface area contributed by atoms with Crippen LogP contribution in [-0.4, -0.2) is 55.1 Å². The Morgan fingerprint density at radius 3 is 2.34 bits per heavy atom. The molecule has 8 nitrogen and oxygen atoms in total. The van der Waals surface area contributed by atoms with Gasteiger partial charge in [-0.1, -0.05) is 29.5 Å². The number of thiazole rings is 1. The average Bonchev–Trinajstić information content (AvgIpc) is 3.28. The van der Waals surface area contributed by atoms with Crippen molar-refractivity contribution in [3.05, 3.63) is 77.6 Å². The van der Waals surface area contributed by atoms with Gasteiger partial charge in [0.15, 0.2) is 5.13 Å². The van der Waals surface area contributed by atoms with Gasteiger partial charge in [0.05, 0.1) is 17.3 Å². The summed E-state index contributed by atoms with van der Waals surface area (Å²) in [4.78, 5) is 36.7. The van der Waals surface area contributed by atoms with Crippen LogP contribution in [0.25, 0.3) is 10.2 Å². The highest BCUT2D eigenvalue weighted by atomic mass is 32.1. The van der Waals surface area contributed by atoms with Crippen LogP contribution in [-0.2, 0) is 12.8 Å². The largest absolute Gasteiger partial charge is 0.497 e. The van der Waals surface area contributed by atoms with Gasteiger partial charge < -0.3 is 9.64 Å². The lowest BCUT2D eigenvalue weighted by molar-refractivity contribution is 0.102. The van der Waals surface area contributed by atoms with Crippen LogP contribution in [0.2, 0.25) is 0 Å². The second-order valence-corrected chi connectivity index (χ2v) is 9.29. The number of hydrogen-bond donors (Lipinski definition) is 1. The topological polar surface area (TPSA) is 87.7 Å². The predicted molar refractivity (Wildman–Crippen MR) is 140 cm³/mol. The molecule has 2 aromatic heterocycles. The summed E-state index contributed by atoms with van der Waals surface area (Å²) < 4.78 is 6.17. The van der Waals surface area contributed by atoms with Crippen molar-refractivity contribution in [1.82, 2.24) is 14.9 Å². The first-order valence-corrected chi connectivity index (χ1v) is 11.9. The minimum atomic E-state index is -0.297. The van der Waals surface area contributed by atoms with Crippen molar-refractivity contribution in [1.29, 1.82) is 0 Å². The number of amides is 3. The standard InChI is InChI=1S/C26H27N5O3S/c1-30(2)26(33)31(3)19-10-7-17(8-11-19)5-6-18-9-13-22(27-16-18)24(32)29-25-28-21-14-12-20(34-4)15-23(21)35-25/h7-16H,5-6H2,1-4H3,(H,28,29,32). The monoisotopic (exact) mass is 489 g/mol. The number of fused-ring (bicyclic) bond motifs is 1. The first kappa shape index (κ1) is 24.2. The zero-order chi connectivity index (χ0) is 24.9. The fourth-order valence-corrected chi connectivity index (χ4v) is 4.43. The zero-order valence-corrected chi connectivity index (χ0v) is 20.9. The number of urea groups is 1. The Bertz CT molecular complexity index is 1330. The molecule has 0 atom stereocenters. The van der Waals surface area contributed by atoms with E-state index in [-0.39, 0.29) is 11.9 Å². The number of hydrogen-bond acceptors (Lipinski definition) is 6. The van der Waals surface area contributed by atoms with Crippen molar-refractivity contribution in [2.45, 2.75) is 12.8 Å². The number of methoxy groups -OCH3 is 1. The lowest BCUT2D eigenvalue weighted by atomic mass is 10.1. The predicted octanol–water partition coefficient (Wildman–Crippen LogP) is 4.86. The van der Waals surface area contributed by atoms with Crippen molar-refractivity contribution in [2.24, 2.45) is 0 Å². The maximum absolute atomic E-state index is 12.6. The normalized spacial score (nSPS) is 10.7. The van der Waals surface area contributed by atoms with E-state index in [0.717, 1.165) is 45.6 Å². The smallest absolute Gasteiger partial charge is 0.323 e. The first-order chi connectivity index (χ1) is 16.8. The van der Waals surface area contributed by atoms with Crippen LogP contribution >= 0.6 is 11.3 Å². The molecule has 1 N–H and O–H groups in total. The Kier molecular flexibility index (Phi) is 7.26. The third-order valence-corrected chi connectivity index (χ3v) is 6.50. The van der Waals surface area contributed by atoms with Crippen LogP contribution in [0.15, 0.2) is 60.8 Å². The molecule has 9 heteroatoms. The lowest BCUT2D eigenvalue weighted by Gasteiger charge is -2.22. The molecule has 0 aliphatic rings. The SMILES string of the molecule is COc1ccc2nc(NC(=O)c3ccc(CCc4ccc(N(C)C(=O)N(C)C)cc4)cn3)sc2c1. The number of nitrogens with zero attached hydrogens (tertiary/aromatic N) is 4. The Hall–Kier alpha value is -3.98. The quantitative estimate of drug-likeness (QED) is 0.401. The molecule has 0 unspecified atom stereocenters. The summed E-state index contributed by atoms with van der Waals surface area (Å²) in [6, 6.07) is 17.1. The third kappa shape index (κ3) is 5.75. The first-order valence-electron chi connectivity index (χ1n) is 11.1. The molecule has 4 rings (SSSR count). The molecule has 0 radical (unpaired) electrons. The summed E-state index contributed by atoms with van der Waals surface area (Å²) >= 11 is 1.39. The van der Waals surface area contributed by atoms with E-state index >= 15 is 0 Å². The van der Waals surface area contributed by atoms with Crippen LogP contribution < -0.4 is 15.0 Å². The summed E-state index contributed by atoms with van der Waals surface area (Å²) in [7, 11) is 6.84. The fourth-order valence-electron chi connectivity index (χ4n) is 3.54. The van der Waals surface area contributed by atoms with Gasteiger partial charge in [-0.05, 0) is 60.4 Å². The molecular weight excluding hydrogens is 462 g/mol. The number of anilines is 2. The van der Waals surface area contributed by atoms with Gasteiger partial charge >= 0.3 is 6.03 Å². The summed E-state index contributed by atoms with van der Waals surface area (Å²) in [5.41, 5.74) is 4.19. The third-order valence-electron chi connectivity index (χ3n) is 5.57. The molecule has 0 bridgehead atoms. The van der Waals surface area contributed by atoms with Crippen molar-refractivity contribution in [3.8, 4) is 5.75 Å². The highest BCUT2D eigenvalue weighted by molar-refractivity contribution is 7.22. The molecule has 0 fully saturated rings. The van der Waals surface area contributed by atoms with Crippen molar-refractivity contribution >= 4 is 44.3 Å².